The van der Waals surface area contributed by atoms with E-state index < -0.39 is 10.9 Å². The number of hydrogen-bond donors (Lipinski definition) is 2. The Balaban J connectivity index is 1.91. The van der Waals surface area contributed by atoms with Gasteiger partial charge in [-0.05, 0) is 29.5 Å². The molecule has 1 aliphatic rings. The van der Waals surface area contributed by atoms with E-state index in [2.05, 4.69) is 46.1 Å². The van der Waals surface area contributed by atoms with Crippen LogP contribution in [0.25, 0.3) is 0 Å². The average Bonchev–Trinajstić information content (AvgIpc) is 2.85. The van der Waals surface area contributed by atoms with Crippen LogP contribution in [0.4, 0.5) is 11.4 Å². The minimum absolute atomic E-state index is 0.0727. The summed E-state index contributed by atoms with van der Waals surface area (Å²) >= 11 is 2.33. The molecule has 5 heteroatoms. The standard InChI is InChI=1S/C14H13IN2O2/c15-6-7-1-2-8-3-4-10(9(8)5-7)17-12-11(16)13(18)14(12)19/h1-2,5,10,17H,3-4,6,16H2. The van der Waals surface area contributed by atoms with Crippen molar-refractivity contribution in [3.63, 3.8) is 0 Å². The van der Waals surface area contributed by atoms with Gasteiger partial charge in [-0.1, -0.05) is 40.8 Å². The smallest absolute Gasteiger partial charge is 0.253 e. The molecule has 0 spiro atoms. The van der Waals surface area contributed by atoms with Crippen LogP contribution in [0.1, 0.15) is 29.2 Å². The molecule has 0 radical (unpaired) electrons. The molecule has 0 bridgehead atoms. The molecular weight excluding hydrogens is 355 g/mol. The molecule has 2 aromatic rings. The number of halogens is 1. The number of benzene rings is 1. The number of anilines is 2. The van der Waals surface area contributed by atoms with Crippen molar-refractivity contribution < 1.29 is 0 Å². The van der Waals surface area contributed by atoms with Gasteiger partial charge in [0.1, 0.15) is 11.4 Å². The summed E-state index contributed by atoms with van der Waals surface area (Å²) in [5.74, 6) is 0. The lowest BCUT2D eigenvalue weighted by Gasteiger charge is -2.18. The van der Waals surface area contributed by atoms with E-state index in [-0.39, 0.29) is 11.7 Å². The van der Waals surface area contributed by atoms with Crippen molar-refractivity contribution in [3.8, 4) is 0 Å². The highest BCUT2D eigenvalue weighted by Gasteiger charge is 2.26. The lowest BCUT2D eigenvalue weighted by atomic mass is 10.0. The Kier molecular flexibility index (Phi) is 3.08. The highest BCUT2D eigenvalue weighted by Crippen LogP contribution is 2.35. The first kappa shape index (κ1) is 12.7. The van der Waals surface area contributed by atoms with E-state index in [1.165, 1.54) is 16.7 Å². The Labute approximate surface area is 123 Å². The first-order chi connectivity index (χ1) is 9.11. The van der Waals surface area contributed by atoms with Crippen molar-refractivity contribution in [2.24, 2.45) is 0 Å². The normalized spacial score (nSPS) is 17.6. The van der Waals surface area contributed by atoms with Crippen LogP contribution in [0.15, 0.2) is 27.8 Å². The third kappa shape index (κ3) is 1.96. The zero-order valence-corrected chi connectivity index (χ0v) is 12.4. The van der Waals surface area contributed by atoms with Crippen LogP contribution in [0.5, 0.6) is 0 Å². The molecule has 0 aliphatic heterocycles. The maximum absolute atomic E-state index is 11.4. The molecule has 4 nitrogen and oxygen atoms in total. The summed E-state index contributed by atoms with van der Waals surface area (Å²) in [6.07, 6.45) is 1.92. The third-order valence-corrected chi connectivity index (χ3v) is 4.59. The number of alkyl halides is 1. The van der Waals surface area contributed by atoms with Gasteiger partial charge in [0.15, 0.2) is 0 Å². The van der Waals surface area contributed by atoms with Crippen LogP contribution in [-0.4, -0.2) is 0 Å². The average molecular weight is 368 g/mol. The van der Waals surface area contributed by atoms with Gasteiger partial charge in [-0.15, -0.1) is 0 Å². The SMILES string of the molecule is Nc1c(NC2CCc3ccc(CI)cc32)c(=O)c1=O. The highest BCUT2D eigenvalue weighted by molar-refractivity contribution is 14.1. The molecule has 0 amide bonds. The summed E-state index contributed by atoms with van der Waals surface area (Å²) in [6.45, 7) is 0. The van der Waals surface area contributed by atoms with Crippen LogP contribution in [0.2, 0.25) is 0 Å². The van der Waals surface area contributed by atoms with Gasteiger partial charge in [0.2, 0.25) is 0 Å². The predicted molar refractivity (Wildman–Crippen MR) is 84.6 cm³/mol. The zero-order chi connectivity index (χ0) is 13.6. The fourth-order valence-electron chi connectivity index (χ4n) is 2.61. The summed E-state index contributed by atoms with van der Waals surface area (Å²) in [6, 6.07) is 6.55. The van der Waals surface area contributed by atoms with Gasteiger partial charge < -0.3 is 11.1 Å². The second-order valence-corrected chi connectivity index (χ2v) is 5.61. The van der Waals surface area contributed by atoms with E-state index in [0.717, 1.165) is 17.3 Å². The lowest BCUT2D eigenvalue weighted by molar-refractivity contribution is 0.760. The number of hydrogen-bond acceptors (Lipinski definition) is 4. The summed E-state index contributed by atoms with van der Waals surface area (Å²) in [4.78, 5) is 22.6. The lowest BCUT2D eigenvalue weighted by Crippen LogP contribution is -2.37. The maximum atomic E-state index is 11.4. The first-order valence-electron chi connectivity index (χ1n) is 6.14. The van der Waals surface area contributed by atoms with Crippen LogP contribution in [0, 0.1) is 0 Å². The van der Waals surface area contributed by atoms with Gasteiger partial charge in [0.25, 0.3) is 10.9 Å². The number of nitrogen functional groups attached to an aromatic ring is 1. The van der Waals surface area contributed by atoms with Crippen molar-refractivity contribution in [3.05, 3.63) is 55.3 Å². The van der Waals surface area contributed by atoms with Crippen molar-refractivity contribution in [1.82, 2.24) is 0 Å². The van der Waals surface area contributed by atoms with Crippen LogP contribution in [-0.2, 0) is 10.8 Å². The molecular formula is C14H13IN2O2. The topological polar surface area (TPSA) is 72.2 Å². The molecule has 1 unspecified atom stereocenters. The van der Waals surface area contributed by atoms with Crippen molar-refractivity contribution in [2.75, 3.05) is 11.1 Å². The van der Waals surface area contributed by atoms with Gasteiger partial charge in [-0.25, -0.2) is 0 Å². The molecule has 1 atom stereocenters. The number of fused-ring (bicyclic) bond motifs is 1. The summed E-state index contributed by atoms with van der Waals surface area (Å²) < 4.78 is 0.958. The van der Waals surface area contributed by atoms with Crippen LogP contribution in [0.3, 0.4) is 0 Å². The Morgan fingerprint density at radius 2 is 2.11 bits per heavy atom. The molecule has 0 saturated carbocycles. The summed E-state index contributed by atoms with van der Waals surface area (Å²) in [5, 5.41) is 3.13. The molecule has 98 valence electrons. The van der Waals surface area contributed by atoms with Crippen molar-refractivity contribution in [2.45, 2.75) is 23.3 Å². The maximum Gasteiger partial charge on any atom is 0.253 e. The first-order valence-corrected chi connectivity index (χ1v) is 7.67. The second-order valence-electron chi connectivity index (χ2n) is 4.85. The number of nitrogens with two attached hydrogens (primary N) is 1. The van der Waals surface area contributed by atoms with Crippen molar-refractivity contribution >= 4 is 34.0 Å². The number of nitrogens with one attached hydrogen (secondary N) is 1. The number of rotatable bonds is 3. The van der Waals surface area contributed by atoms with Crippen molar-refractivity contribution in [1.29, 1.82) is 0 Å². The molecule has 0 heterocycles. The fourth-order valence-corrected chi connectivity index (χ4v) is 3.09. The van der Waals surface area contributed by atoms with E-state index in [4.69, 9.17) is 5.73 Å². The minimum atomic E-state index is -0.568. The van der Waals surface area contributed by atoms with Crippen LogP contribution < -0.4 is 21.9 Å². The zero-order valence-electron chi connectivity index (χ0n) is 10.2. The summed E-state index contributed by atoms with van der Waals surface area (Å²) in [7, 11) is 0. The van der Waals surface area contributed by atoms with Gasteiger partial charge in [0, 0.05) is 4.43 Å². The molecule has 0 fully saturated rings. The molecule has 3 rings (SSSR count). The predicted octanol–water partition coefficient (Wildman–Crippen LogP) is 1.90. The Morgan fingerprint density at radius 1 is 1.32 bits per heavy atom. The monoisotopic (exact) mass is 368 g/mol. The van der Waals surface area contributed by atoms with Gasteiger partial charge in [-0.3, -0.25) is 9.59 Å². The Hall–Kier alpha value is -1.37. The largest absolute Gasteiger partial charge is 0.394 e. The Morgan fingerprint density at radius 3 is 2.79 bits per heavy atom. The molecule has 0 saturated heterocycles. The number of aryl methyl sites for hydroxylation is 1. The van der Waals surface area contributed by atoms with Gasteiger partial charge >= 0.3 is 0 Å². The molecule has 3 N–H and O–H groups in total. The molecule has 19 heavy (non-hydrogen) atoms. The summed E-state index contributed by atoms with van der Waals surface area (Å²) in [5.41, 5.74) is 8.67. The van der Waals surface area contributed by atoms with E-state index >= 15 is 0 Å². The third-order valence-electron chi connectivity index (χ3n) is 3.71. The van der Waals surface area contributed by atoms with E-state index in [9.17, 15) is 9.59 Å². The van der Waals surface area contributed by atoms with Gasteiger partial charge in [0.05, 0.1) is 6.04 Å². The molecule has 2 aromatic carbocycles. The minimum Gasteiger partial charge on any atom is -0.394 e. The quantitative estimate of drug-likeness (QED) is 0.493. The van der Waals surface area contributed by atoms with Gasteiger partial charge in [-0.2, -0.15) is 0 Å². The molecule has 0 aromatic heterocycles. The highest BCUT2D eigenvalue weighted by atomic mass is 127. The Bertz CT molecular complexity index is 717. The van der Waals surface area contributed by atoms with E-state index in [1.54, 1.807) is 0 Å². The second kappa shape index (κ2) is 4.63. The molecule has 1 aliphatic carbocycles. The van der Waals surface area contributed by atoms with E-state index in [0.29, 0.717) is 5.69 Å². The van der Waals surface area contributed by atoms with E-state index in [1.807, 2.05) is 0 Å². The fraction of sp³-hybridized carbons (Fsp3) is 0.286. The van der Waals surface area contributed by atoms with Crippen LogP contribution >= 0.6 is 22.6 Å².